The van der Waals surface area contributed by atoms with Crippen LogP contribution < -0.4 is 11.2 Å². The molecule has 5 aliphatic rings. The Balaban J connectivity index is 1.06. The third kappa shape index (κ3) is 7.24. The van der Waals surface area contributed by atoms with Crippen LogP contribution in [0.25, 0.3) is 0 Å². The van der Waals surface area contributed by atoms with Crippen molar-refractivity contribution in [3.05, 3.63) is 44.2 Å². The second-order valence-electron chi connectivity index (χ2n) is 17.1. The Labute approximate surface area is 290 Å². The maximum absolute atomic E-state index is 13.1. The Morgan fingerprint density at radius 2 is 1.84 bits per heavy atom. The largest absolute Gasteiger partial charge is 0.472 e. The molecule has 1 aromatic heterocycles. The first kappa shape index (κ1) is 37.2. The predicted molar refractivity (Wildman–Crippen MR) is 186 cm³/mol. The number of nitrogens with zero attached hydrogens (tertiary/aromatic N) is 1. The number of rotatable bonds is 11. The molecular weight excluding hydrogens is 647 g/mol. The lowest BCUT2D eigenvalue weighted by Crippen LogP contribution is -2.55. The summed E-state index contributed by atoms with van der Waals surface area (Å²) in [5, 5.41) is 22.3. The van der Waals surface area contributed by atoms with Gasteiger partial charge in [0.25, 0.3) is 5.56 Å². The van der Waals surface area contributed by atoms with Gasteiger partial charge in [0.15, 0.2) is 0 Å². The summed E-state index contributed by atoms with van der Waals surface area (Å²) in [5.41, 5.74) is 0.449. The summed E-state index contributed by atoms with van der Waals surface area (Å²) in [7, 11) is -4.52. The lowest BCUT2D eigenvalue weighted by molar-refractivity contribution is -0.0973. The zero-order valence-electron chi connectivity index (χ0n) is 30.2. The molecule has 3 saturated carbocycles. The van der Waals surface area contributed by atoms with E-state index in [-0.39, 0.29) is 23.2 Å². The molecule has 4 N–H and O–H groups in total. The number of aromatic amines is 1. The van der Waals surface area contributed by atoms with Crippen LogP contribution in [0, 0.1) is 53.3 Å². The van der Waals surface area contributed by atoms with Gasteiger partial charge < -0.3 is 19.8 Å². The third-order valence-electron chi connectivity index (χ3n) is 13.6. The van der Waals surface area contributed by atoms with Gasteiger partial charge in [-0.2, -0.15) is 0 Å². The molecule has 276 valence electrons. The van der Waals surface area contributed by atoms with E-state index in [1.807, 2.05) is 6.08 Å². The number of phosphoric ester groups is 1. The molecule has 1 aromatic rings. The van der Waals surface area contributed by atoms with Crippen LogP contribution in [0.15, 0.2) is 27.4 Å². The van der Waals surface area contributed by atoms with Gasteiger partial charge in [-0.05, 0) is 98.2 Å². The van der Waals surface area contributed by atoms with Crippen LogP contribution in [-0.2, 0) is 18.3 Å². The van der Waals surface area contributed by atoms with Crippen molar-refractivity contribution in [1.29, 1.82) is 0 Å². The highest BCUT2D eigenvalue weighted by atomic mass is 31.2. The molecule has 1 unspecified atom stereocenters. The van der Waals surface area contributed by atoms with E-state index >= 15 is 0 Å². The second-order valence-corrected chi connectivity index (χ2v) is 18.5. The van der Waals surface area contributed by atoms with E-state index in [0.717, 1.165) is 24.3 Å². The Bertz CT molecular complexity index is 1560. The first-order valence-corrected chi connectivity index (χ1v) is 20.2. The molecule has 1 aliphatic heterocycles. The molecule has 0 aromatic carbocycles. The van der Waals surface area contributed by atoms with Crippen molar-refractivity contribution >= 4 is 7.82 Å². The smallest absolute Gasteiger partial charge is 0.390 e. The summed E-state index contributed by atoms with van der Waals surface area (Å²) >= 11 is 0. The number of hydrogen-bond donors (Lipinski definition) is 4. The van der Waals surface area contributed by atoms with Crippen LogP contribution >= 0.6 is 7.82 Å². The fraction of sp³-hybridized carbons (Fsp3) is 0.838. The standard InChI is InChI=1S/C37H59N2O9P/c1-21(2)8-7-9-22(3)26-10-11-27-33-28(13-15-37(26,27)6)36(5)14-12-25(16-24(36)17-30(33)41)48-49(44,45)46-20-31-29(40)18-32(47-31)39-19-23(4)34(42)38-35(39)43/h17,19,21-22,25-33,40-41H,7-16,18,20H2,1-6H3,(H,44,45)(H,38,42,43)/t22-,25+,26-,27+,28+,29+,30+,31-,32-,33+,36+,37-/m1/s1. The fourth-order valence-electron chi connectivity index (χ4n) is 11.0. The molecule has 4 fully saturated rings. The number of fused-ring (bicyclic) bond motifs is 5. The average Bonchev–Trinajstić information content (AvgIpc) is 3.57. The van der Waals surface area contributed by atoms with E-state index in [0.29, 0.717) is 42.1 Å². The van der Waals surface area contributed by atoms with Crippen molar-refractivity contribution in [2.45, 2.75) is 143 Å². The van der Waals surface area contributed by atoms with Crippen molar-refractivity contribution in [2.24, 2.45) is 46.3 Å². The zero-order valence-corrected chi connectivity index (χ0v) is 31.1. The summed E-state index contributed by atoms with van der Waals surface area (Å²) in [6.45, 7) is 13.1. The third-order valence-corrected chi connectivity index (χ3v) is 14.7. The molecule has 11 nitrogen and oxygen atoms in total. The van der Waals surface area contributed by atoms with E-state index in [1.54, 1.807) is 6.92 Å². The molecule has 2 heterocycles. The zero-order chi connectivity index (χ0) is 35.5. The van der Waals surface area contributed by atoms with E-state index in [9.17, 15) is 29.3 Å². The molecular formula is C37H59N2O9P. The van der Waals surface area contributed by atoms with Gasteiger partial charge in [-0.3, -0.25) is 23.4 Å². The van der Waals surface area contributed by atoms with Gasteiger partial charge >= 0.3 is 13.5 Å². The van der Waals surface area contributed by atoms with Crippen molar-refractivity contribution in [3.63, 3.8) is 0 Å². The highest BCUT2D eigenvalue weighted by Gasteiger charge is 2.61. The van der Waals surface area contributed by atoms with Crippen molar-refractivity contribution in [1.82, 2.24) is 9.55 Å². The van der Waals surface area contributed by atoms with Crippen LogP contribution in [0.5, 0.6) is 0 Å². The molecule has 6 rings (SSSR count). The summed E-state index contributed by atoms with van der Waals surface area (Å²) in [6, 6.07) is 0. The van der Waals surface area contributed by atoms with Gasteiger partial charge in [-0.15, -0.1) is 0 Å². The second kappa shape index (κ2) is 14.1. The molecule has 4 aliphatic carbocycles. The molecule has 0 bridgehead atoms. The predicted octanol–water partition coefficient (Wildman–Crippen LogP) is 6.01. The Morgan fingerprint density at radius 1 is 1.08 bits per heavy atom. The quantitative estimate of drug-likeness (QED) is 0.160. The van der Waals surface area contributed by atoms with Crippen LogP contribution in [0.3, 0.4) is 0 Å². The van der Waals surface area contributed by atoms with Crippen molar-refractivity contribution < 1.29 is 33.5 Å². The van der Waals surface area contributed by atoms with Gasteiger partial charge in [-0.1, -0.05) is 65.5 Å². The van der Waals surface area contributed by atoms with Crippen LogP contribution in [0.2, 0.25) is 0 Å². The SMILES string of the molecule is Cc1cn([C@H]2C[C@H](O)[C@@H](COP(=O)(O)O[C@H]3CC[C@@]4(C)C(=C[C@H](O)[C@H]5[C@@H]6CC[C@H]([C@H](C)CCCC(C)C)[C@@]6(C)CC[C@@H]54)C3)O2)c(=O)[nH]c1=O. The lowest BCUT2D eigenvalue weighted by Gasteiger charge is -2.59. The van der Waals surface area contributed by atoms with Crippen molar-refractivity contribution in [3.8, 4) is 0 Å². The van der Waals surface area contributed by atoms with Crippen LogP contribution in [0.1, 0.15) is 117 Å². The Kier molecular flexibility index (Phi) is 10.7. The molecule has 1 saturated heterocycles. The molecule has 0 amide bonds. The van der Waals surface area contributed by atoms with Crippen molar-refractivity contribution in [2.75, 3.05) is 6.61 Å². The first-order chi connectivity index (χ1) is 23.0. The molecule has 49 heavy (non-hydrogen) atoms. The number of H-pyrrole nitrogens is 1. The number of aryl methyl sites for hydroxylation is 1. The summed E-state index contributed by atoms with van der Waals surface area (Å²) in [4.78, 5) is 36.9. The minimum atomic E-state index is -4.52. The molecule has 0 radical (unpaired) electrons. The molecule has 12 heteroatoms. The van der Waals surface area contributed by atoms with E-state index in [4.69, 9.17) is 13.8 Å². The minimum Gasteiger partial charge on any atom is -0.390 e. The number of aromatic nitrogens is 2. The average molecular weight is 707 g/mol. The summed E-state index contributed by atoms with van der Waals surface area (Å²) in [6.07, 6.45) is 9.99. The normalized spacial score (nSPS) is 40.7. The van der Waals surface area contributed by atoms with Gasteiger partial charge in [-0.25, -0.2) is 9.36 Å². The number of aliphatic hydroxyl groups excluding tert-OH is 2. The Morgan fingerprint density at radius 3 is 2.57 bits per heavy atom. The van der Waals surface area contributed by atoms with Crippen LogP contribution in [-0.4, -0.2) is 55.7 Å². The fourth-order valence-corrected chi connectivity index (χ4v) is 11.9. The number of nitrogens with one attached hydrogen (secondary N) is 1. The molecule has 13 atom stereocenters. The van der Waals surface area contributed by atoms with E-state index in [2.05, 4.69) is 39.6 Å². The highest BCUT2D eigenvalue weighted by molar-refractivity contribution is 7.47. The Hall–Kier alpha value is -1.59. The maximum Gasteiger partial charge on any atom is 0.472 e. The lowest BCUT2D eigenvalue weighted by atomic mass is 9.46. The van der Waals surface area contributed by atoms with Gasteiger partial charge in [0.2, 0.25) is 0 Å². The minimum absolute atomic E-state index is 0.0494. The monoisotopic (exact) mass is 706 g/mol. The summed E-state index contributed by atoms with van der Waals surface area (Å²) < 4.78 is 31.1. The number of hydrogen-bond acceptors (Lipinski definition) is 8. The van der Waals surface area contributed by atoms with E-state index < -0.39 is 56.3 Å². The topological polar surface area (TPSA) is 160 Å². The number of aliphatic hydroxyl groups is 2. The first-order valence-electron chi connectivity index (χ1n) is 18.7. The number of phosphoric acid groups is 1. The number of ether oxygens (including phenoxy) is 1. The van der Waals surface area contributed by atoms with E-state index in [1.165, 1.54) is 49.3 Å². The molecule has 0 spiro atoms. The van der Waals surface area contributed by atoms with Crippen LogP contribution in [0.4, 0.5) is 0 Å². The van der Waals surface area contributed by atoms with Gasteiger partial charge in [0, 0.05) is 18.2 Å². The maximum atomic E-state index is 13.1. The highest BCUT2D eigenvalue weighted by Crippen LogP contribution is 2.67. The van der Waals surface area contributed by atoms with Gasteiger partial charge in [0.05, 0.1) is 24.9 Å². The van der Waals surface area contributed by atoms with Gasteiger partial charge in [0.1, 0.15) is 12.3 Å². The summed E-state index contributed by atoms with van der Waals surface area (Å²) in [5.74, 6) is 3.27.